The zero-order chi connectivity index (χ0) is 22.7. The number of carbonyl (C=O) groups is 2. The van der Waals surface area contributed by atoms with Crippen molar-refractivity contribution >= 4 is 27.6 Å². The van der Waals surface area contributed by atoms with Gasteiger partial charge in [-0.2, -0.15) is 0 Å². The number of nitrogens with two attached hydrogens (primary N) is 1. The first-order chi connectivity index (χ1) is 14.8. The summed E-state index contributed by atoms with van der Waals surface area (Å²) in [6.45, 7) is -0.102. The van der Waals surface area contributed by atoms with E-state index in [9.17, 15) is 23.1 Å². The predicted octanol–water partition coefficient (Wildman–Crippen LogP) is 2.36. The number of nitrogen functional groups attached to an aromatic ring is 1. The Labute approximate surface area is 180 Å². The van der Waals surface area contributed by atoms with Gasteiger partial charge in [-0.1, -0.05) is 59.5 Å². The lowest BCUT2D eigenvalue weighted by Gasteiger charge is -2.11. The monoisotopic (exact) mass is 448 g/mol. The van der Waals surface area contributed by atoms with Gasteiger partial charge < -0.3 is 15.6 Å². The van der Waals surface area contributed by atoms with Gasteiger partial charge in [0.25, 0.3) is 10.0 Å². The van der Waals surface area contributed by atoms with Gasteiger partial charge in [0.05, 0.1) is 6.61 Å². The second-order valence-electron chi connectivity index (χ2n) is 6.55. The summed E-state index contributed by atoms with van der Waals surface area (Å²) >= 11 is 0. The van der Waals surface area contributed by atoms with E-state index in [0.29, 0.717) is 11.3 Å². The average molecular weight is 448 g/mol. The van der Waals surface area contributed by atoms with Crippen LogP contribution in [0.15, 0.2) is 66.1 Å². The zero-order valence-corrected chi connectivity index (χ0v) is 17.5. The van der Waals surface area contributed by atoms with Gasteiger partial charge in [0.1, 0.15) is 6.61 Å². The van der Waals surface area contributed by atoms with Crippen LogP contribution in [0.4, 0.5) is 5.69 Å². The molecule has 0 heterocycles. The minimum atomic E-state index is -3.91. The molecule has 0 spiro atoms. The smallest absolute Gasteiger partial charge is 0.320 e. The zero-order valence-electron chi connectivity index (χ0n) is 16.6. The van der Waals surface area contributed by atoms with Crippen LogP contribution in [0, 0.1) is 5.92 Å². The number of allylic oxidation sites excluding steroid dienone is 1. The molecule has 0 saturated heterocycles. The maximum Gasteiger partial charge on any atom is 0.320 e. The first-order valence-electron chi connectivity index (χ1n) is 9.35. The molecule has 0 aromatic heterocycles. The lowest BCUT2D eigenvalue weighted by Crippen LogP contribution is -2.25. The van der Waals surface area contributed by atoms with E-state index in [1.165, 1.54) is 6.08 Å². The van der Waals surface area contributed by atoms with Crippen LogP contribution in [0.1, 0.15) is 24.0 Å². The molecule has 0 bridgehead atoms. The highest BCUT2D eigenvalue weighted by Gasteiger charge is 2.27. The summed E-state index contributed by atoms with van der Waals surface area (Å²) in [6, 6.07) is 15.7. The number of carboxylic acid groups (broad SMARTS) is 1. The standard InChI is InChI=1S/C21H24N2O7S/c22-19-12-5-4-10-17(19)15-30-23-31(27,28)13-7-6-11-18(20(24)25)21(26)29-14-16-8-2-1-3-9-16/h1-5,7-10,12-13,18,23H,6,11,14-15,22H2,(H,24,25)/b13-7+. The van der Waals surface area contributed by atoms with E-state index in [0.717, 1.165) is 11.0 Å². The van der Waals surface area contributed by atoms with Crippen molar-refractivity contribution in [2.75, 3.05) is 5.73 Å². The van der Waals surface area contributed by atoms with E-state index >= 15 is 0 Å². The molecule has 31 heavy (non-hydrogen) atoms. The number of ether oxygens (including phenoxy) is 1. The molecule has 0 radical (unpaired) electrons. The molecule has 1 unspecified atom stereocenters. The van der Waals surface area contributed by atoms with Crippen LogP contribution >= 0.6 is 0 Å². The third kappa shape index (κ3) is 8.59. The minimum Gasteiger partial charge on any atom is -0.481 e. The van der Waals surface area contributed by atoms with E-state index in [1.54, 1.807) is 48.5 Å². The number of nitrogens with one attached hydrogen (secondary N) is 1. The van der Waals surface area contributed by atoms with Crippen LogP contribution in [0.2, 0.25) is 0 Å². The molecule has 166 valence electrons. The fourth-order valence-corrected chi connectivity index (χ4v) is 3.18. The molecule has 2 aromatic carbocycles. The number of carbonyl (C=O) groups excluding carboxylic acids is 1. The Balaban J connectivity index is 1.78. The Hall–Kier alpha value is -3.21. The van der Waals surface area contributed by atoms with Gasteiger partial charge >= 0.3 is 11.9 Å². The fraction of sp³-hybridized carbons (Fsp3) is 0.238. The average Bonchev–Trinajstić information content (AvgIpc) is 2.73. The summed E-state index contributed by atoms with van der Waals surface area (Å²) in [5, 5.41) is 10.1. The molecule has 1 atom stereocenters. The summed E-state index contributed by atoms with van der Waals surface area (Å²) in [6.07, 6.45) is 1.16. The molecule has 0 fully saturated rings. The molecule has 9 nitrogen and oxygen atoms in total. The molecule has 0 saturated carbocycles. The van der Waals surface area contributed by atoms with E-state index in [4.69, 9.17) is 15.3 Å². The molecule has 4 N–H and O–H groups in total. The van der Waals surface area contributed by atoms with Crippen molar-refractivity contribution < 1.29 is 32.7 Å². The van der Waals surface area contributed by atoms with Crippen LogP contribution in [-0.4, -0.2) is 25.5 Å². The highest BCUT2D eigenvalue weighted by Crippen LogP contribution is 2.13. The van der Waals surface area contributed by atoms with Crippen molar-refractivity contribution in [3.05, 3.63) is 77.2 Å². The van der Waals surface area contributed by atoms with Gasteiger partial charge in [-0.15, -0.1) is 0 Å². The van der Waals surface area contributed by atoms with Crippen LogP contribution in [0.5, 0.6) is 0 Å². The second kappa shape index (κ2) is 11.8. The van der Waals surface area contributed by atoms with Gasteiger partial charge in [-0.3, -0.25) is 14.4 Å². The van der Waals surface area contributed by atoms with Gasteiger partial charge in [-0.25, -0.2) is 8.42 Å². The number of para-hydroxylation sites is 1. The fourth-order valence-electron chi connectivity index (χ4n) is 2.51. The third-order valence-electron chi connectivity index (χ3n) is 4.16. The lowest BCUT2D eigenvalue weighted by atomic mass is 10.0. The molecular formula is C21H24N2O7S. The topological polar surface area (TPSA) is 145 Å². The third-order valence-corrected chi connectivity index (χ3v) is 5.06. The summed E-state index contributed by atoms with van der Waals surface area (Å²) in [4.78, 5) is 30.3. The molecule has 10 heteroatoms. The lowest BCUT2D eigenvalue weighted by molar-refractivity contribution is -0.159. The maximum absolute atomic E-state index is 12.1. The Morgan fingerprint density at radius 3 is 2.42 bits per heavy atom. The second-order valence-corrected chi connectivity index (χ2v) is 8.08. The van der Waals surface area contributed by atoms with Crippen LogP contribution in [0.3, 0.4) is 0 Å². The van der Waals surface area contributed by atoms with E-state index in [-0.39, 0.29) is 26.1 Å². The van der Waals surface area contributed by atoms with Crippen molar-refractivity contribution in [3.8, 4) is 0 Å². The first kappa shape index (κ1) is 24.1. The summed E-state index contributed by atoms with van der Waals surface area (Å²) in [7, 11) is -3.91. The number of rotatable bonds is 12. The maximum atomic E-state index is 12.1. The normalized spacial score (nSPS) is 12.5. The quantitative estimate of drug-likeness (QED) is 0.194. The van der Waals surface area contributed by atoms with Crippen molar-refractivity contribution in [1.29, 1.82) is 0 Å². The molecule has 0 aliphatic heterocycles. The van der Waals surface area contributed by atoms with Crippen LogP contribution in [-0.2, 0) is 42.4 Å². The molecule has 0 amide bonds. The predicted molar refractivity (Wildman–Crippen MR) is 113 cm³/mol. The SMILES string of the molecule is Nc1ccccc1CONS(=O)(=O)/C=C/CCC(C(=O)O)C(=O)OCc1ccccc1. The van der Waals surface area contributed by atoms with Gasteiger partial charge in [0, 0.05) is 16.7 Å². The number of benzene rings is 2. The van der Waals surface area contributed by atoms with E-state index in [2.05, 4.69) is 0 Å². The Kier molecular flexibility index (Phi) is 9.19. The van der Waals surface area contributed by atoms with Gasteiger partial charge in [0.2, 0.25) is 0 Å². The summed E-state index contributed by atoms with van der Waals surface area (Å²) in [5.41, 5.74) is 7.56. The molecular weight excluding hydrogens is 424 g/mol. The van der Waals surface area contributed by atoms with E-state index in [1.807, 2.05) is 11.0 Å². The number of hydrogen-bond acceptors (Lipinski definition) is 7. The van der Waals surface area contributed by atoms with Gasteiger partial charge in [0.15, 0.2) is 5.92 Å². The number of sulfonamides is 1. The van der Waals surface area contributed by atoms with Crippen LogP contribution in [0.25, 0.3) is 0 Å². The molecule has 0 aliphatic carbocycles. The molecule has 2 aromatic rings. The van der Waals surface area contributed by atoms with E-state index < -0.39 is 27.9 Å². The number of esters is 1. The van der Waals surface area contributed by atoms with Crippen LogP contribution < -0.4 is 10.6 Å². The van der Waals surface area contributed by atoms with Crippen molar-refractivity contribution in [2.45, 2.75) is 26.1 Å². The molecule has 0 aliphatic rings. The highest BCUT2D eigenvalue weighted by atomic mass is 32.2. The first-order valence-corrected chi connectivity index (χ1v) is 10.9. The largest absolute Gasteiger partial charge is 0.481 e. The Bertz CT molecular complexity index is 1010. The molecule has 2 rings (SSSR count). The summed E-state index contributed by atoms with van der Waals surface area (Å²) < 4.78 is 28.9. The van der Waals surface area contributed by atoms with Crippen molar-refractivity contribution in [1.82, 2.24) is 4.89 Å². The number of hydrogen-bond donors (Lipinski definition) is 3. The number of aliphatic carboxylic acids is 1. The summed E-state index contributed by atoms with van der Waals surface area (Å²) in [5.74, 6) is -3.62. The van der Waals surface area contributed by atoms with Crippen molar-refractivity contribution in [3.63, 3.8) is 0 Å². The minimum absolute atomic E-state index is 0.0317. The Morgan fingerprint density at radius 2 is 1.74 bits per heavy atom. The Morgan fingerprint density at radius 1 is 1.06 bits per heavy atom. The van der Waals surface area contributed by atoms with Crippen molar-refractivity contribution in [2.24, 2.45) is 5.92 Å². The number of anilines is 1. The van der Waals surface area contributed by atoms with Gasteiger partial charge in [-0.05, 0) is 24.5 Å². The highest BCUT2D eigenvalue weighted by molar-refractivity contribution is 7.92. The number of carboxylic acids is 1.